The molecule has 4 nitrogen and oxygen atoms in total. The monoisotopic (exact) mass is 417 g/mol. The zero-order chi connectivity index (χ0) is 19.5. The maximum absolute atomic E-state index is 6.38. The summed E-state index contributed by atoms with van der Waals surface area (Å²) in [5.74, 6) is 0. The second-order valence-electron chi connectivity index (χ2n) is 7.38. The molecule has 0 radical (unpaired) electrons. The molecule has 1 N–H and O–H groups in total. The predicted molar refractivity (Wildman–Crippen MR) is 116 cm³/mol. The number of morpholine rings is 1. The van der Waals surface area contributed by atoms with Gasteiger partial charge in [-0.2, -0.15) is 0 Å². The van der Waals surface area contributed by atoms with Crippen molar-refractivity contribution in [3.63, 3.8) is 0 Å². The van der Waals surface area contributed by atoms with E-state index in [0.29, 0.717) is 10.0 Å². The summed E-state index contributed by atoms with van der Waals surface area (Å²) >= 11 is 12.5. The maximum atomic E-state index is 6.38. The lowest BCUT2D eigenvalue weighted by molar-refractivity contribution is 0.0340. The second kappa shape index (κ2) is 8.85. The highest BCUT2D eigenvalue weighted by atomic mass is 35.5. The smallest absolute Gasteiger partial charge is 0.0772 e. The Morgan fingerprint density at radius 2 is 1.82 bits per heavy atom. The number of nitrogens with zero attached hydrogens (tertiary/aromatic N) is 2. The molecular formula is C22H25Cl2N3O. The van der Waals surface area contributed by atoms with Crippen LogP contribution in [0.2, 0.25) is 10.0 Å². The Hall–Kier alpha value is -1.56. The van der Waals surface area contributed by atoms with Crippen LogP contribution in [0.5, 0.6) is 0 Å². The molecule has 2 aliphatic heterocycles. The Labute approximate surface area is 176 Å². The average molecular weight is 418 g/mol. The van der Waals surface area contributed by atoms with Crippen LogP contribution in [0.1, 0.15) is 18.1 Å². The molecule has 6 heteroatoms. The molecular weight excluding hydrogens is 393 g/mol. The standard InChI is InChI=1S/C22H25Cl2N3O/c1-16-14-27(22-13-19(23)6-7-20(22)24)25-21(16)12-17-4-2-3-5-18(17)15-26-8-10-28-11-9-26/h2-7,13-14,21,25H,8-12,15H2,1H3. The van der Waals surface area contributed by atoms with Crippen LogP contribution in [0.3, 0.4) is 0 Å². The topological polar surface area (TPSA) is 27.7 Å². The molecule has 0 aliphatic carbocycles. The third kappa shape index (κ3) is 4.53. The van der Waals surface area contributed by atoms with Crippen LogP contribution < -0.4 is 10.4 Å². The van der Waals surface area contributed by atoms with E-state index in [1.165, 1.54) is 16.7 Å². The Morgan fingerprint density at radius 3 is 2.61 bits per heavy atom. The minimum atomic E-state index is 0.223. The highest BCUT2D eigenvalue weighted by molar-refractivity contribution is 6.35. The lowest BCUT2D eigenvalue weighted by Gasteiger charge is -2.28. The fourth-order valence-electron chi connectivity index (χ4n) is 3.75. The van der Waals surface area contributed by atoms with Crippen LogP contribution in [-0.4, -0.2) is 37.2 Å². The van der Waals surface area contributed by atoms with E-state index in [4.69, 9.17) is 27.9 Å². The molecule has 148 valence electrons. The fourth-order valence-corrected chi connectivity index (χ4v) is 4.12. The van der Waals surface area contributed by atoms with Crippen molar-refractivity contribution in [2.75, 3.05) is 31.3 Å². The SMILES string of the molecule is CC1=CN(c2cc(Cl)ccc2Cl)NC1Cc1ccccc1CN1CCOCC1. The fraction of sp³-hybridized carbons (Fsp3) is 0.364. The number of ether oxygens (including phenoxy) is 1. The van der Waals surface area contributed by atoms with Crippen molar-refractivity contribution in [3.05, 3.63) is 75.4 Å². The van der Waals surface area contributed by atoms with E-state index >= 15 is 0 Å². The van der Waals surface area contributed by atoms with Gasteiger partial charge in [-0.05, 0) is 48.2 Å². The first-order valence-electron chi connectivity index (χ1n) is 9.66. The Balaban J connectivity index is 1.48. The molecule has 0 amide bonds. The van der Waals surface area contributed by atoms with Gasteiger partial charge in [-0.1, -0.05) is 47.5 Å². The molecule has 0 bridgehead atoms. The quantitative estimate of drug-likeness (QED) is 0.764. The first-order chi connectivity index (χ1) is 13.6. The maximum Gasteiger partial charge on any atom is 0.0772 e. The molecule has 0 spiro atoms. The van der Waals surface area contributed by atoms with Crippen LogP contribution in [0.4, 0.5) is 5.69 Å². The van der Waals surface area contributed by atoms with Gasteiger partial charge in [-0.25, -0.2) is 5.43 Å². The minimum absolute atomic E-state index is 0.223. The number of rotatable bonds is 5. The molecule has 4 rings (SSSR count). The van der Waals surface area contributed by atoms with Crippen molar-refractivity contribution < 1.29 is 4.74 Å². The van der Waals surface area contributed by atoms with Gasteiger partial charge < -0.3 is 4.74 Å². The third-order valence-corrected chi connectivity index (χ3v) is 5.94. The number of hydrogen-bond acceptors (Lipinski definition) is 4. The minimum Gasteiger partial charge on any atom is -0.379 e. The van der Waals surface area contributed by atoms with E-state index in [1.807, 2.05) is 17.1 Å². The molecule has 1 saturated heterocycles. The Morgan fingerprint density at radius 1 is 1.07 bits per heavy atom. The summed E-state index contributed by atoms with van der Waals surface area (Å²) < 4.78 is 5.48. The first-order valence-corrected chi connectivity index (χ1v) is 10.4. The summed E-state index contributed by atoms with van der Waals surface area (Å²) in [7, 11) is 0. The number of benzene rings is 2. The Bertz CT molecular complexity index is 865. The van der Waals surface area contributed by atoms with E-state index in [-0.39, 0.29) is 6.04 Å². The summed E-state index contributed by atoms with van der Waals surface area (Å²) in [4.78, 5) is 2.46. The average Bonchev–Trinajstić information content (AvgIpc) is 3.06. The van der Waals surface area contributed by atoms with Gasteiger partial charge in [0.15, 0.2) is 0 Å². The van der Waals surface area contributed by atoms with E-state index in [2.05, 4.69) is 47.7 Å². The molecule has 1 fully saturated rings. The predicted octanol–water partition coefficient (Wildman–Crippen LogP) is 4.67. The molecule has 2 aromatic rings. The van der Waals surface area contributed by atoms with Crippen LogP contribution in [0, 0.1) is 0 Å². The van der Waals surface area contributed by atoms with Gasteiger partial charge in [0.2, 0.25) is 0 Å². The van der Waals surface area contributed by atoms with E-state index in [9.17, 15) is 0 Å². The zero-order valence-electron chi connectivity index (χ0n) is 16.0. The van der Waals surface area contributed by atoms with Gasteiger partial charge in [-0.15, -0.1) is 0 Å². The largest absolute Gasteiger partial charge is 0.379 e. The number of hydrazine groups is 1. The normalized spacial score (nSPS) is 20.5. The van der Waals surface area contributed by atoms with Crippen LogP contribution in [-0.2, 0) is 17.7 Å². The molecule has 2 heterocycles. The van der Waals surface area contributed by atoms with Crippen molar-refractivity contribution in [2.45, 2.75) is 25.9 Å². The summed E-state index contributed by atoms with van der Waals surface area (Å²) in [6, 6.07) is 14.5. The van der Waals surface area contributed by atoms with Crippen molar-refractivity contribution in [3.8, 4) is 0 Å². The highest BCUT2D eigenvalue weighted by Gasteiger charge is 2.24. The lowest BCUT2D eigenvalue weighted by atomic mass is 9.97. The van der Waals surface area contributed by atoms with Crippen molar-refractivity contribution in [2.24, 2.45) is 0 Å². The van der Waals surface area contributed by atoms with E-state index in [1.54, 1.807) is 6.07 Å². The van der Waals surface area contributed by atoms with Crippen molar-refractivity contribution in [1.29, 1.82) is 0 Å². The molecule has 0 aromatic heterocycles. The highest BCUT2D eigenvalue weighted by Crippen LogP contribution is 2.31. The van der Waals surface area contributed by atoms with E-state index < -0.39 is 0 Å². The summed E-state index contributed by atoms with van der Waals surface area (Å²) in [6.07, 6.45) is 3.03. The second-order valence-corrected chi connectivity index (χ2v) is 8.23. The van der Waals surface area contributed by atoms with Crippen LogP contribution in [0.25, 0.3) is 0 Å². The molecule has 0 saturated carbocycles. The van der Waals surface area contributed by atoms with Gasteiger partial charge in [0.05, 0.1) is 30.0 Å². The van der Waals surface area contributed by atoms with Crippen LogP contribution in [0.15, 0.2) is 54.2 Å². The zero-order valence-corrected chi connectivity index (χ0v) is 17.5. The molecule has 2 aliphatic rings. The van der Waals surface area contributed by atoms with Crippen molar-refractivity contribution >= 4 is 28.9 Å². The number of hydrogen-bond donors (Lipinski definition) is 1. The van der Waals surface area contributed by atoms with Gasteiger partial charge in [0, 0.05) is 30.9 Å². The van der Waals surface area contributed by atoms with Crippen molar-refractivity contribution in [1.82, 2.24) is 10.3 Å². The molecule has 2 aromatic carbocycles. The molecule has 1 atom stereocenters. The molecule has 28 heavy (non-hydrogen) atoms. The summed E-state index contributed by atoms with van der Waals surface area (Å²) in [5.41, 5.74) is 8.48. The van der Waals surface area contributed by atoms with Gasteiger partial charge >= 0.3 is 0 Å². The molecule has 1 unspecified atom stereocenters. The summed E-state index contributed by atoms with van der Waals surface area (Å²) in [6.45, 7) is 6.76. The summed E-state index contributed by atoms with van der Waals surface area (Å²) in [5, 5.41) is 3.33. The van der Waals surface area contributed by atoms with Gasteiger partial charge in [-0.3, -0.25) is 9.91 Å². The Kier molecular flexibility index (Phi) is 6.24. The third-order valence-electron chi connectivity index (χ3n) is 5.39. The van der Waals surface area contributed by atoms with Gasteiger partial charge in [0.1, 0.15) is 0 Å². The van der Waals surface area contributed by atoms with Gasteiger partial charge in [0.25, 0.3) is 0 Å². The van der Waals surface area contributed by atoms with E-state index in [0.717, 1.165) is 45.0 Å². The number of anilines is 1. The number of halogens is 2. The lowest BCUT2D eigenvalue weighted by Crippen LogP contribution is -2.38. The first kappa shape index (κ1) is 19.7. The van der Waals surface area contributed by atoms with Crippen LogP contribution >= 0.6 is 23.2 Å². The number of nitrogens with one attached hydrogen (secondary N) is 1.